The number of carbonyl (C=O) groups is 1. The molecule has 1 atom stereocenters. The van der Waals surface area contributed by atoms with Gasteiger partial charge >= 0.3 is 0 Å². The first kappa shape index (κ1) is 22.6. The third kappa shape index (κ3) is 5.30. The maximum absolute atomic E-state index is 13.0. The summed E-state index contributed by atoms with van der Waals surface area (Å²) in [5.41, 5.74) is 1.86. The molecule has 3 rings (SSSR count). The van der Waals surface area contributed by atoms with Gasteiger partial charge in [-0.05, 0) is 5.56 Å². The number of Topliss-reactive ketones (excluding diaryl/α,β-unsaturated/α-hetero) is 1. The third-order valence-electron chi connectivity index (χ3n) is 3.94. The molecule has 1 saturated heterocycles. The zero-order valence-corrected chi connectivity index (χ0v) is 15.0. The van der Waals surface area contributed by atoms with Crippen molar-refractivity contribution in [3.8, 4) is 0 Å². The average Bonchev–Trinajstić information content (AvgIpc) is 2.58. The van der Waals surface area contributed by atoms with Crippen LogP contribution in [0, 0.1) is 0 Å². The Hall–Kier alpha value is -1.43. The summed E-state index contributed by atoms with van der Waals surface area (Å²) in [4.78, 5) is 15.3. The molecule has 3 N–H and O–H groups in total. The standard InChI is InChI=1S/C18H20N2O.2ClH.H2O/c21-18(16-9-5-2-6-10-16)17(15-7-3-1-4-8-15)20-13-11-19-12-14-20;;;/h1-10,17,19H,11-14H2;2*1H;1H2. The molecule has 1 fully saturated rings. The van der Waals surface area contributed by atoms with Crippen LogP contribution in [0.2, 0.25) is 0 Å². The molecule has 2 aromatic carbocycles. The molecule has 0 radical (unpaired) electrons. The Balaban J connectivity index is 0.00000176. The molecule has 1 unspecified atom stereocenters. The second-order valence-electron chi connectivity index (χ2n) is 5.33. The Bertz CT molecular complexity index is 590. The van der Waals surface area contributed by atoms with Crippen LogP contribution in [0.3, 0.4) is 0 Å². The number of halogens is 2. The summed E-state index contributed by atoms with van der Waals surface area (Å²) < 4.78 is 0. The van der Waals surface area contributed by atoms with Crippen molar-refractivity contribution < 1.29 is 10.3 Å². The van der Waals surface area contributed by atoms with Crippen molar-refractivity contribution in [1.82, 2.24) is 10.2 Å². The molecular weight excluding hydrogens is 347 g/mol. The lowest BCUT2D eigenvalue weighted by atomic mass is 9.95. The molecule has 132 valence electrons. The van der Waals surface area contributed by atoms with Crippen LogP contribution in [0.15, 0.2) is 60.7 Å². The van der Waals surface area contributed by atoms with E-state index in [1.165, 1.54) is 0 Å². The molecule has 1 heterocycles. The highest BCUT2D eigenvalue weighted by Crippen LogP contribution is 2.25. The number of carbonyl (C=O) groups excluding carboxylic acids is 1. The summed E-state index contributed by atoms with van der Waals surface area (Å²) in [5.74, 6) is 0.184. The minimum Gasteiger partial charge on any atom is -0.412 e. The van der Waals surface area contributed by atoms with E-state index < -0.39 is 0 Å². The van der Waals surface area contributed by atoms with Crippen molar-refractivity contribution in [2.45, 2.75) is 6.04 Å². The Labute approximate surface area is 155 Å². The smallest absolute Gasteiger partial charge is 0.184 e. The molecule has 4 nitrogen and oxygen atoms in total. The van der Waals surface area contributed by atoms with Crippen molar-refractivity contribution in [3.05, 3.63) is 71.8 Å². The van der Waals surface area contributed by atoms with Gasteiger partial charge in [0.05, 0.1) is 6.04 Å². The number of hydrogen-bond donors (Lipinski definition) is 1. The zero-order valence-electron chi connectivity index (χ0n) is 13.4. The first-order chi connectivity index (χ1) is 10.4. The van der Waals surface area contributed by atoms with Crippen LogP contribution < -0.4 is 5.32 Å². The second-order valence-corrected chi connectivity index (χ2v) is 5.33. The van der Waals surface area contributed by atoms with Crippen molar-refractivity contribution in [2.75, 3.05) is 26.2 Å². The van der Waals surface area contributed by atoms with E-state index in [-0.39, 0.29) is 42.1 Å². The van der Waals surface area contributed by atoms with Gasteiger partial charge in [-0.15, -0.1) is 24.8 Å². The first-order valence-corrected chi connectivity index (χ1v) is 7.45. The van der Waals surface area contributed by atoms with Crippen LogP contribution in [0.25, 0.3) is 0 Å². The van der Waals surface area contributed by atoms with Crippen LogP contribution in [0.4, 0.5) is 0 Å². The highest BCUT2D eigenvalue weighted by Gasteiger charge is 2.29. The minimum absolute atomic E-state index is 0. The predicted molar refractivity (Wildman–Crippen MR) is 103 cm³/mol. The van der Waals surface area contributed by atoms with E-state index in [1.54, 1.807) is 0 Å². The molecule has 0 spiro atoms. The largest absolute Gasteiger partial charge is 0.412 e. The first-order valence-electron chi connectivity index (χ1n) is 7.45. The van der Waals surface area contributed by atoms with E-state index in [4.69, 9.17) is 0 Å². The number of benzene rings is 2. The van der Waals surface area contributed by atoms with Crippen LogP contribution in [-0.4, -0.2) is 42.3 Å². The number of hydrogen-bond acceptors (Lipinski definition) is 3. The molecule has 0 amide bonds. The van der Waals surface area contributed by atoms with Gasteiger partial charge in [0.2, 0.25) is 0 Å². The zero-order chi connectivity index (χ0) is 14.5. The summed E-state index contributed by atoms with van der Waals surface area (Å²) in [5, 5.41) is 3.35. The number of nitrogens with zero attached hydrogens (tertiary/aromatic N) is 1. The van der Waals surface area contributed by atoms with E-state index in [9.17, 15) is 4.79 Å². The van der Waals surface area contributed by atoms with Gasteiger partial charge in [-0.1, -0.05) is 60.7 Å². The van der Waals surface area contributed by atoms with Crippen LogP contribution in [0.5, 0.6) is 0 Å². The molecular formula is C18H24Cl2N2O2. The highest BCUT2D eigenvalue weighted by atomic mass is 35.5. The maximum atomic E-state index is 13.0. The number of nitrogens with one attached hydrogen (secondary N) is 1. The quantitative estimate of drug-likeness (QED) is 0.841. The lowest BCUT2D eigenvalue weighted by molar-refractivity contribution is 0.0795. The van der Waals surface area contributed by atoms with Gasteiger partial charge in [0.15, 0.2) is 5.78 Å². The maximum Gasteiger partial charge on any atom is 0.184 e. The van der Waals surface area contributed by atoms with Crippen LogP contribution in [0.1, 0.15) is 22.0 Å². The fraction of sp³-hybridized carbons (Fsp3) is 0.278. The van der Waals surface area contributed by atoms with Crippen LogP contribution >= 0.6 is 24.8 Å². The van der Waals surface area contributed by atoms with Crippen molar-refractivity contribution in [1.29, 1.82) is 0 Å². The Morgan fingerprint density at radius 3 is 1.92 bits per heavy atom. The summed E-state index contributed by atoms with van der Waals surface area (Å²) in [6.45, 7) is 3.67. The second kappa shape index (κ2) is 11.2. The Kier molecular flexibility index (Phi) is 10.5. The molecule has 0 aromatic heterocycles. The molecule has 0 bridgehead atoms. The SMILES string of the molecule is Cl.Cl.O.O=C(c1ccccc1)C(c1ccccc1)N1CCNCC1. The summed E-state index contributed by atoms with van der Waals surface area (Å²) in [7, 11) is 0. The lowest BCUT2D eigenvalue weighted by Gasteiger charge is -2.34. The van der Waals surface area contributed by atoms with E-state index in [0.29, 0.717) is 0 Å². The summed E-state index contributed by atoms with van der Waals surface area (Å²) in [6, 6.07) is 19.5. The predicted octanol–water partition coefficient (Wildman–Crippen LogP) is 2.53. The van der Waals surface area contributed by atoms with Crippen molar-refractivity contribution >= 4 is 30.6 Å². The lowest BCUT2D eigenvalue weighted by Crippen LogP contribution is -2.47. The number of rotatable bonds is 4. The monoisotopic (exact) mass is 370 g/mol. The number of piperazine rings is 1. The minimum atomic E-state index is -0.185. The molecule has 1 aliphatic heterocycles. The van der Waals surface area contributed by atoms with Gasteiger partial charge in [-0.25, -0.2) is 0 Å². The molecule has 0 saturated carbocycles. The topological polar surface area (TPSA) is 63.8 Å². The highest BCUT2D eigenvalue weighted by molar-refractivity contribution is 6.00. The van der Waals surface area contributed by atoms with Gasteiger partial charge in [0.25, 0.3) is 0 Å². The van der Waals surface area contributed by atoms with Gasteiger partial charge in [-0.3, -0.25) is 9.69 Å². The Morgan fingerprint density at radius 2 is 1.38 bits per heavy atom. The van der Waals surface area contributed by atoms with Gasteiger partial charge in [0, 0.05) is 31.7 Å². The Morgan fingerprint density at radius 1 is 0.875 bits per heavy atom. The third-order valence-corrected chi connectivity index (χ3v) is 3.94. The molecule has 6 heteroatoms. The van der Waals surface area contributed by atoms with Gasteiger partial charge < -0.3 is 10.8 Å². The normalized spacial score (nSPS) is 15.2. The number of ketones is 1. The van der Waals surface area contributed by atoms with Gasteiger partial charge in [0.1, 0.15) is 0 Å². The molecule has 24 heavy (non-hydrogen) atoms. The van der Waals surface area contributed by atoms with E-state index in [1.807, 2.05) is 60.7 Å². The van der Waals surface area contributed by atoms with Crippen molar-refractivity contribution in [2.24, 2.45) is 0 Å². The fourth-order valence-corrected chi connectivity index (χ4v) is 2.86. The van der Waals surface area contributed by atoms with Crippen LogP contribution in [-0.2, 0) is 0 Å². The van der Waals surface area contributed by atoms with E-state index >= 15 is 0 Å². The van der Waals surface area contributed by atoms with Gasteiger partial charge in [-0.2, -0.15) is 0 Å². The average molecular weight is 371 g/mol. The summed E-state index contributed by atoms with van der Waals surface area (Å²) >= 11 is 0. The van der Waals surface area contributed by atoms with E-state index in [0.717, 1.165) is 37.3 Å². The molecule has 1 aliphatic rings. The fourth-order valence-electron chi connectivity index (χ4n) is 2.86. The molecule has 0 aliphatic carbocycles. The van der Waals surface area contributed by atoms with E-state index in [2.05, 4.69) is 10.2 Å². The van der Waals surface area contributed by atoms with Crippen molar-refractivity contribution in [3.63, 3.8) is 0 Å². The molecule has 2 aromatic rings. The summed E-state index contributed by atoms with van der Waals surface area (Å²) in [6.07, 6.45) is 0.